The molecule has 0 aromatic rings. The molecule has 12 unspecified atom stereocenters. The minimum atomic E-state index is -1.18. The summed E-state index contributed by atoms with van der Waals surface area (Å²) in [5.41, 5.74) is 0.0206. The number of rotatable bonds is 8. The third-order valence-electron chi connectivity index (χ3n) is 17.5. The first kappa shape index (κ1) is 31.9. The molecule has 44 heavy (non-hydrogen) atoms. The van der Waals surface area contributed by atoms with Crippen LogP contribution in [0.3, 0.4) is 0 Å². The molecule has 6 aliphatic carbocycles. The van der Waals surface area contributed by atoms with Gasteiger partial charge in [0, 0.05) is 17.8 Å². The van der Waals surface area contributed by atoms with Crippen molar-refractivity contribution in [2.75, 3.05) is 6.61 Å². The predicted octanol–water partition coefficient (Wildman–Crippen LogP) is 8.89. The number of hydrogen-bond donors (Lipinski definition) is 3. The normalized spacial score (nSPS) is 55.8. The number of unbranched alkanes of at least 4 members (excludes halogenated alkanes) is 3. The van der Waals surface area contributed by atoms with Crippen molar-refractivity contribution < 1.29 is 24.9 Å². The first-order chi connectivity index (χ1) is 20.8. The second-order valence-electron chi connectivity index (χ2n) is 18.6. The zero-order valence-electron chi connectivity index (χ0n) is 28.8. The Kier molecular flexibility index (Phi) is 7.38. The molecule has 12 atom stereocenters. The second-order valence-corrected chi connectivity index (χ2v) is 18.6. The topological polar surface area (TPSA) is 87.0 Å². The van der Waals surface area contributed by atoms with E-state index in [0.29, 0.717) is 18.9 Å². The number of carboxylic acid groups (broad SMARTS) is 1. The molecule has 7 fully saturated rings. The van der Waals surface area contributed by atoms with Gasteiger partial charge in [0.15, 0.2) is 5.79 Å². The molecule has 0 amide bonds. The zero-order chi connectivity index (χ0) is 31.4. The summed E-state index contributed by atoms with van der Waals surface area (Å²) in [6.45, 7) is 12.5. The van der Waals surface area contributed by atoms with Crippen LogP contribution >= 0.6 is 0 Å². The van der Waals surface area contributed by atoms with E-state index in [9.17, 15) is 20.1 Å². The molecule has 5 heteroatoms. The molecule has 5 nitrogen and oxygen atoms in total. The van der Waals surface area contributed by atoms with Gasteiger partial charge in [0.05, 0.1) is 18.1 Å². The third kappa shape index (κ3) is 3.67. The highest BCUT2D eigenvalue weighted by molar-refractivity contribution is 5.74. The summed E-state index contributed by atoms with van der Waals surface area (Å²) in [5.74, 6) is -1.01. The highest BCUT2D eigenvalue weighted by Gasteiger charge is 2.82. The summed E-state index contributed by atoms with van der Waals surface area (Å²) in [6, 6.07) is 0. The summed E-state index contributed by atoms with van der Waals surface area (Å²) in [4.78, 5) is 12.7. The molecule has 7 rings (SSSR count). The quantitative estimate of drug-likeness (QED) is 0.238. The van der Waals surface area contributed by atoms with E-state index < -0.39 is 23.3 Å². The van der Waals surface area contributed by atoms with Crippen molar-refractivity contribution in [3.63, 3.8) is 0 Å². The van der Waals surface area contributed by atoms with Crippen LogP contribution in [0, 0.1) is 55.7 Å². The lowest BCUT2D eigenvalue weighted by Crippen LogP contribution is -2.77. The summed E-state index contributed by atoms with van der Waals surface area (Å²) in [5, 5.41) is 34.7. The van der Waals surface area contributed by atoms with Gasteiger partial charge in [-0.3, -0.25) is 4.79 Å². The molecule has 0 aromatic heterocycles. The molecule has 3 N–H and O–H groups in total. The van der Waals surface area contributed by atoms with E-state index in [0.717, 1.165) is 38.5 Å². The average Bonchev–Trinajstić information content (AvgIpc) is 3.16. The highest BCUT2D eigenvalue weighted by atomic mass is 16.6. The lowest BCUT2D eigenvalue weighted by molar-refractivity contribution is -0.351. The van der Waals surface area contributed by atoms with Gasteiger partial charge in [-0.1, -0.05) is 66.2 Å². The molecule has 1 aliphatic heterocycles. The fourth-order valence-corrected chi connectivity index (χ4v) is 15.5. The number of aliphatic carboxylic acids is 1. The van der Waals surface area contributed by atoms with Crippen molar-refractivity contribution in [2.45, 2.75) is 175 Å². The van der Waals surface area contributed by atoms with Crippen LogP contribution in [0.2, 0.25) is 0 Å². The smallest absolute Gasteiger partial charge is 0.309 e. The third-order valence-corrected chi connectivity index (χ3v) is 17.5. The van der Waals surface area contributed by atoms with Crippen LogP contribution in [0.5, 0.6) is 0 Å². The standard InChI is InChI=1S/C39H64O5/c1-6-8-9-10-13-37-22-21-36-14-11-15-38(37,23-20-35-26-44-39(43,28(35)12-7-2)24-27(40)30(35)37)34(36,5)19-18-32(3)16-17-33(4,31(41)42)25-29(32)36/h27-30,40,43H,6-26H2,1-5H3,(H,41,42). The molecule has 4 bridgehead atoms. The van der Waals surface area contributed by atoms with Crippen molar-refractivity contribution in [1.82, 2.24) is 0 Å². The minimum Gasteiger partial charge on any atom is -0.481 e. The van der Waals surface area contributed by atoms with Crippen LogP contribution in [0.1, 0.15) is 163 Å². The Morgan fingerprint density at radius 1 is 0.841 bits per heavy atom. The van der Waals surface area contributed by atoms with Gasteiger partial charge in [-0.25, -0.2) is 0 Å². The number of aliphatic hydroxyl groups is 2. The molecule has 7 aliphatic rings. The van der Waals surface area contributed by atoms with Gasteiger partial charge >= 0.3 is 5.97 Å². The minimum absolute atomic E-state index is 0.0522. The van der Waals surface area contributed by atoms with E-state index in [2.05, 4.69) is 34.6 Å². The van der Waals surface area contributed by atoms with E-state index >= 15 is 0 Å². The van der Waals surface area contributed by atoms with Crippen LogP contribution in [-0.4, -0.2) is 39.8 Å². The molecule has 6 saturated carbocycles. The van der Waals surface area contributed by atoms with Crippen molar-refractivity contribution in [3.8, 4) is 0 Å². The van der Waals surface area contributed by atoms with Gasteiger partial charge < -0.3 is 20.1 Å². The van der Waals surface area contributed by atoms with Gasteiger partial charge in [-0.05, 0) is 129 Å². The average molecular weight is 613 g/mol. The zero-order valence-corrected chi connectivity index (χ0v) is 28.8. The summed E-state index contributed by atoms with van der Waals surface area (Å²) in [7, 11) is 0. The first-order valence-corrected chi connectivity index (χ1v) is 19.1. The number of ether oxygens (including phenoxy) is 1. The van der Waals surface area contributed by atoms with Gasteiger partial charge in [0.25, 0.3) is 0 Å². The fourth-order valence-electron chi connectivity index (χ4n) is 15.5. The fraction of sp³-hybridized carbons (Fsp3) is 0.974. The van der Waals surface area contributed by atoms with E-state index in [1.54, 1.807) is 0 Å². The maximum atomic E-state index is 12.7. The summed E-state index contributed by atoms with van der Waals surface area (Å²) in [6.07, 6.45) is 21.7. The molecule has 1 heterocycles. The van der Waals surface area contributed by atoms with E-state index in [1.807, 2.05) is 0 Å². The molecule has 2 spiro atoms. The number of carboxylic acids is 1. The van der Waals surface area contributed by atoms with Crippen LogP contribution in [0.4, 0.5) is 0 Å². The molecule has 0 radical (unpaired) electrons. The number of carbonyl (C=O) groups is 1. The molecule has 1 saturated heterocycles. The van der Waals surface area contributed by atoms with Crippen molar-refractivity contribution >= 4 is 5.97 Å². The Labute approximate surface area is 267 Å². The van der Waals surface area contributed by atoms with Crippen molar-refractivity contribution in [2.24, 2.45) is 55.7 Å². The lowest BCUT2D eigenvalue weighted by Gasteiger charge is -2.82. The summed E-state index contributed by atoms with van der Waals surface area (Å²) < 4.78 is 6.43. The Morgan fingerprint density at radius 3 is 2.34 bits per heavy atom. The van der Waals surface area contributed by atoms with Crippen molar-refractivity contribution in [3.05, 3.63) is 0 Å². The number of hydrogen-bond acceptors (Lipinski definition) is 4. The molecular weight excluding hydrogens is 548 g/mol. The maximum Gasteiger partial charge on any atom is 0.309 e. The van der Waals surface area contributed by atoms with Gasteiger partial charge in [-0.15, -0.1) is 0 Å². The van der Waals surface area contributed by atoms with Crippen LogP contribution in [-0.2, 0) is 9.53 Å². The van der Waals surface area contributed by atoms with E-state index in [1.165, 1.54) is 83.5 Å². The second kappa shape index (κ2) is 10.2. The van der Waals surface area contributed by atoms with Gasteiger partial charge in [0.2, 0.25) is 0 Å². The maximum absolute atomic E-state index is 12.7. The Balaban J connectivity index is 1.38. The number of aliphatic hydroxyl groups excluding tert-OH is 1. The van der Waals surface area contributed by atoms with E-state index in [-0.39, 0.29) is 44.3 Å². The largest absolute Gasteiger partial charge is 0.481 e. The number of fused-ring (bicyclic) bond motifs is 3. The highest BCUT2D eigenvalue weighted by Crippen LogP contribution is 2.87. The van der Waals surface area contributed by atoms with Gasteiger partial charge in [-0.2, -0.15) is 0 Å². The summed E-state index contributed by atoms with van der Waals surface area (Å²) >= 11 is 0. The first-order valence-electron chi connectivity index (χ1n) is 19.1. The molecular formula is C39H64O5. The van der Waals surface area contributed by atoms with Gasteiger partial charge in [0.1, 0.15) is 0 Å². The Hall–Kier alpha value is -0.650. The van der Waals surface area contributed by atoms with Crippen molar-refractivity contribution in [1.29, 1.82) is 0 Å². The predicted molar refractivity (Wildman–Crippen MR) is 173 cm³/mol. The molecule has 250 valence electrons. The van der Waals surface area contributed by atoms with Crippen LogP contribution < -0.4 is 0 Å². The SMILES string of the molecule is CCCCCCC12CCC34CCCC1(CCC15COC(O)(CC(O)C12)C5CCC)C3(C)CCC1(C)CCC(C)(C(=O)O)CC14. The Bertz CT molecular complexity index is 1160. The lowest BCUT2D eigenvalue weighted by atomic mass is 9.22. The monoisotopic (exact) mass is 612 g/mol. The van der Waals surface area contributed by atoms with E-state index in [4.69, 9.17) is 4.74 Å². The molecule has 0 aromatic carbocycles. The van der Waals surface area contributed by atoms with Crippen LogP contribution in [0.15, 0.2) is 0 Å². The van der Waals surface area contributed by atoms with Crippen LogP contribution in [0.25, 0.3) is 0 Å². The Morgan fingerprint density at radius 2 is 1.61 bits per heavy atom.